The molecule has 2 atom stereocenters. The quantitative estimate of drug-likeness (QED) is 0.859. The van der Waals surface area contributed by atoms with Gasteiger partial charge in [-0.1, -0.05) is 31.5 Å². The van der Waals surface area contributed by atoms with Crippen molar-refractivity contribution < 1.29 is 0 Å². The maximum atomic E-state index is 4.42. The van der Waals surface area contributed by atoms with E-state index in [-0.39, 0.29) is 0 Å². The minimum absolute atomic E-state index is 0.736. The summed E-state index contributed by atoms with van der Waals surface area (Å²) >= 11 is 0. The molecule has 1 aliphatic rings. The predicted octanol–water partition coefficient (Wildman–Crippen LogP) is 3.15. The fraction of sp³-hybridized carbons (Fsp3) is 0.438. The molecule has 3 rings (SSSR count). The van der Waals surface area contributed by atoms with Gasteiger partial charge in [-0.15, -0.1) is 0 Å². The molecule has 2 aromatic rings. The highest BCUT2D eigenvalue weighted by atomic mass is 15.3. The van der Waals surface area contributed by atoms with Crippen molar-refractivity contribution in [3.8, 4) is 5.69 Å². The highest BCUT2D eigenvalue weighted by molar-refractivity contribution is 5.30. The molecule has 3 nitrogen and oxygen atoms in total. The average molecular weight is 255 g/mol. The molecule has 2 unspecified atom stereocenters. The molecule has 0 aliphatic heterocycles. The largest absolute Gasteiger partial charge is 0.310 e. The summed E-state index contributed by atoms with van der Waals surface area (Å²) in [7, 11) is 0. The Morgan fingerprint density at radius 3 is 2.95 bits per heavy atom. The van der Waals surface area contributed by atoms with Crippen LogP contribution in [0.3, 0.4) is 0 Å². The van der Waals surface area contributed by atoms with E-state index >= 15 is 0 Å². The van der Waals surface area contributed by atoms with Crippen molar-refractivity contribution in [2.24, 2.45) is 5.92 Å². The molecule has 19 heavy (non-hydrogen) atoms. The first kappa shape index (κ1) is 12.4. The molecule has 0 saturated heterocycles. The number of benzene rings is 1. The van der Waals surface area contributed by atoms with Crippen LogP contribution in [-0.2, 0) is 6.54 Å². The molecular formula is C16H21N3. The van der Waals surface area contributed by atoms with Crippen LogP contribution in [0.2, 0.25) is 0 Å². The van der Waals surface area contributed by atoms with Crippen molar-refractivity contribution >= 4 is 0 Å². The number of hydrogen-bond acceptors (Lipinski definition) is 2. The summed E-state index contributed by atoms with van der Waals surface area (Å²) in [5, 5.41) is 8.04. The van der Waals surface area contributed by atoms with Gasteiger partial charge in [0.2, 0.25) is 0 Å². The van der Waals surface area contributed by atoms with Gasteiger partial charge in [-0.2, -0.15) is 5.10 Å². The Labute approximate surface area is 114 Å². The van der Waals surface area contributed by atoms with E-state index < -0.39 is 0 Å². The van der Waals surface area contributed by atoms with Crippen LogP contribution in [0.15, 0.2) is 42.7 Å². The number of aromatic nitrogens is 2. The van der Waals surface area contributed by atoms with E-state index in [1.807, 2.05) is 29.1 Å². The smallest absolute Gasteiger partial charge is 0.0645 e. The van der Waals surface area contributed by atoms with Crippen LogP contribution >= 0.6 is 0 Å². The molecule has 0 amide bonds. The van der Waals surface area contributed by atoms with Crippen molar-refractivity contribution in [1.82, 2.24) is 15.1 Å². The first-order chi connectivity index (χ1) is 9.36. The Kier molecular flexibility index (Phi) is 3.65. The summed E-state index contributed by atoms with van der Waals surface area (Å²) in [4.78, 5) is 0. The Balaban J connectivity index is 1.55. The lowest BCUT2D eigenvalue weighted by Gasteiger charge is -2.01. The van der Waals surface area contributed by atoms with Crippen molar-refractivity contribution in [2.45, 2.75) is 38.8 Å². The van der Waals surface area contributed by atoms with E-state index in [0.29, 0.717) is 0 Å². The van der Waals surface area contributed by atoms with Gasteiger partial charge in [0.05, 0.1) is 11.9 Å². The van der Waals surface area contributed by atoms with Crippen LogP contribution in [0.5, 0.6) is 0 Å². The topological polar surface area (TPSA) is 29.9 Å². The third kappa shape index (κ3) is 3.04. The maximum absolute atomic E-state index is 4.42. The van der Waals surface area contributed by atoms with E-state index in [2.05, 4.69) is 35.7 Å². The molecule has 1 saturated carbocycles. The molecular weight excluding hydrogens is 234 g/mol. The summed E-state index contributed by atoms with van der Waals surface area (Å²) in [6.07, 6.45) is 8.08. The zero-order valence-electron chi connectivity index (χ0n) is 11.4. The number of para-hydroxylation sites is 1. The molecule has 1 aromatic heterocycles. The molecule has 0 bridgehead atoms. The standard InChI is InChI=1S/C16H21N3/c1-2-6-14-9-16(14)17-10-13-11-18-19(12-13)15-7-4-3-5-8-15/h3-5,7-8,11-12,14,16-17H,2,6,9-10H2,1H3. The van der Waals surface area contributed by atoms with Crippen LogP contribution in [0, 0.1) is 5.92 Å². The van der Waals surface area contributed by atoms with Crippen LogP contribution < -0.4 is 5.32 Å². The Morgan fingerprint density at radius 1 is 1.32 bits per heavy atom. The summed E-state index contributed by atoms with van der Waals surface area (Å²) in [5.41, 5.74) is 2.37. The highest BCUT2D eigenvalue weighted by Crippen LogP contribution is 2.34. The Hall–Kier alpha value is -1.61. The SMILES string of the molecule is CCCC1CC1NCc1cnn(-c2ccccc2)c1. The molecule has 1 N–H and O–H groups in total. The minimum Gasteiger partial charge on any atom is -0.310 e. The van der Waals surface area contributed by atoms with Crippen molar-refractivity contribution in [3.05, 3.63) is 48.3 Å². The molecule has 1 aromatic carbocycles. The summed E-state index contributed by atoms with van der Waals surface area (Å²) < 4.78 is 1.94. The lowest BCUT2D eigenvalue weighted by Crippen LogP contribution is -2.17. The van der Waals surface area contributed by atoms with E-state index in [4.69, 9.17) is 0 Å². The average Bonchev–Trinajstić information content (AvgIpc) is 3.02. The molecule has 3 heteroatoms. The zero-order chi connectivity index (χ0) is 13.1. The highest BCUT2D eigenvalue weighted by Gasteiger charge is 2.35. The summed E-state index contributed by atoms with van der Waals surface area (Å²) in [6, 6.07) is 11.0. The monoisotopic (exact) mass is 255 g/mol. The predicted molar refractivity (Wildman–Crippen MR) is 77.2 cm³/mol. The minimum atomic E-state index is 0.736. The zero-order valence-corrected chi connectivity index (χ0v) is 11.4. The second-order valence-corrected chi connectivity index (χ2v) is 5.40. The second kappa shape index (κ2) is 5.57. The second-order valence-electron chi connectivity index (χ2n) is 5.40. The van der Waals surface area contributed by atoms with Crippen LogP contribution in [0.25, 0.3) is 5.69 Å². The van der Waals surface area contributed by atoms with Gasteiger partial charge in [-0.3, -0.25) is 0 Å². The molecule has 1 aliphatic carbocycles. The number of hydrogen-bond donors (Lipinski definition) is 1. The van der Waals surface area contributed by atoms with E-state index in [9.17, 15) is 0 Å². The lowest BCUT2D eigenvalue weighted by atomic mass is 10.2. The normalized spacial score (nSPS) is 21.5. The van der Waals surface area contributed by atoms with Gasteiger partial charge in [0.15, 0.2) is 0 Å². The number of rotatable bonds is 6. The van der Waals surface area contributed by atoms with Gasteiger partial charge in [-0.05, 0) is 30.9 Å². The molecule has 1 heterocycles. The van der Waals surface area contributed by atoms with Crippen LogP contribution in [-0.4, -0.2) is 15.8 Å². The Morgan fingerprint density at radius 2 is 2.16 bits per heavy atom. The lowest BCUT2D eigenvalue weighted by molar-refractivity contribution is 0.599. The van der Waals surface area contributed by atoms with Crippen molar-refractivity contribution in [1.29, 1.82) is 0 Å². The number of nitrogens with one attached hydrogen (secondary N) is 1. The van der Waals surface area contributed by atoms with Gasteiger partial charge < -0.3 is 5.32 Å². The fourth-order valence-electron chi connectivity index (χ4n) is 2.61. The van der Waals surface area contributed by atoms with Gasteiger partial charge >= 0.3 is 0 Å². The first-order valence-corrected chi connectivity index (χ1v) is 7.19. The van der Waals surface area contributed by atoms with Gasteiger partial charge in [-0.25, -0.2) is 4.68 Å². The van der Waals surface area contributed by atoms with Crippen LogP contribution in [0.1, 0.15) is 31.7 Å². The summed E-state index contributed by atoms with van der Waals surface area (Å²) in [5.74, 6) is 0.911. The third-order valence-corrected chi connectivity index (χ3v) is 3.81. The molecule has 0 radical (unpaired) electrons. The fourth-order valence-corrected chi connectivity index (χ4v) is 2.61. The first-order valence-electron chi connectivity index (χ1n) is 7.19. The third-order valence-electron chi connectivity index (χ3n) is 3.81. The van der Waals surface area contributed by atoms with Crippen LogP contribution in [0.4, 0.5) is 0 Å². The van der Waals surface area contributed by atoms with Gasteiger partial charge in [0.25, 0.3) is 0 Å². The molecule has 1 fully saturated rings. The van der Waals surface area contributed by atoms with Crippen molar-refractivity contribution in [2.75, 3.05) is 0 Å². The van der Waals surface area contributed by atoms with E-state index in [1.165, 1.54) is 24.8 Å². The molecule has 100 valence electrons. The number of nitrogens with zero attached hydrogens (tertiary/aromatic N) is 2. The Bertz CT molecular complexity index is 518. The van der Waals surface area contributed by atoms with Gasteiger partial charge in [0, 0.05) is 24.3 Å². The van der Waals surface area contributed by atoms with E-state index in [0.717, 1.165) is 24.2 Å². The van der Waals surface area contributed by atoms with Gasteiger partial charge in [0.1, 0.15) is 0 Å². The van der Waals surface area contributed by atoms with E-state index in [1.54, 1.807) is 0 Å². The molecule has 0 spiro atoms. The van der Waals surface area contributed by atoms with Crippen molar-refractivity contribution in [3.63, 3.8) is 0 Å². The summed E-state index contributed by atoms with van der Waals surface area (Å²) in [6.45, 7) is 3.19. The maximum Gasteiger partial charge on any atom is 0.0645 e.